The van der Waals surface area contributed by atoms with Crippen molar-refractivity contribution in [1.82, 2.24) is 15.3 Å². The number of likely N-dealkylation sites (N-methyl/N-ethyl adjacent to an activating group) is 1. The maximum absolute atomic E-state index is 4.37. The lowest BCUT2D eigenvalue weighted by Gasteiger charge is -2.30. The van der Waals surface area contributed by atoms with Gasteiger partial charge in [0.25, 0.3) is 0 Å². The molecule has 0 fully saturated rings. The summed E-state index contributed by atoms with van der Waals surface area (Å²) in [6.45, 7) is 8.93. The molecule has 1 heterocycles. The molecular formula is C14H25N3. The Kier molecular flexibility index (Phi) is 5.06. The van der Waals surface area contributed by atoms with E-state index in [9.17, 15) is 0 Å². The van der Waals surface area contributed by atoms with E-state index in [0.29, 0.717) is 6.04 Å². The number of rotatable bonds is 5. The third-order valence-corrected chi connectivity index (χ3v) is 3.09. The van der Waals surface area contributed by atoms with Crippen LogP contribution >= 0.6 is 0 Å². The van der Waals surface area contributed by atoms with Crippen molar-refractivity contribution in [3.63, 3.8) is 0 Å². The van der Waals surface area contributed by atoms with Gasteiger partial charge in [0.15, 0.2) is 0 Å². The van der Waals surface area contributed by atoms with Crippen LogP contribution in [0.4, 0.5) is 0 Å². The van der Waals surface area contributed by atoms with Crippen LogP contribution in [-0.4, -0.2) is 23.1 Å². The summed E-state index contributed by atoms with van der Waals surface area (Å²) in [5, 5.41) is 3.38. The predicted octanol–water partition coefficient (Wildman–Crippen LogP) is 2.61. The molecule has 1 aromatic rings. The molecule has 3 heteroatoms. The van der Waals surface area contributed by atoms with Gasteiger partial charge in [-0.25, -0.2) is 9.97 Å². The predicted molar refractivity (Wildman–Crippen MR) is 72.0 cm³/mol. The second-order valence-electron chi connectivity index (χ2n) is 5.66. The van der Waals surface area contributed by atoms with E-state index in [2.05, 4.69) is 49.0 Å². The van der Waals surface area contributed by atoms with Crippen LogP contribution in [0.5, 0.6) is 0 Å². The maximum Gasteiger partial charge on any atom is 0.115 e. The minimum atomic E-state index is 0.241. The van der Waals surface area contributed by atoms with Gasteiger partial charge in [0.1, 0.15) is 6.33 Å². The summed E-state index contributed by atoms with van der Waals surface area (Å²) in [4.78, 5) is 8.66. The molecule has 1 unspecified atom stereocenters. The molecule has 0 radical (unpaired) electrons. The van der Waals surface area contributed by atoms with E-state index in [1.807, 2.05) is 7.05 Å². The van der Waals surface area contributed by atoms with E-state index in [-0.39, 0.29) is 5.41 Å². The molecule has 0 aliphatic heterocycles. The highest BCUT2D eigenvalue weighted by atomic mass is 14.9. The number of aromatic nitrogens is 2. The van der Waals surface area contributed by atoms with Crippen LogP contribution in [0.25, 0.3) is 0 Å². The number of nitrogens with one attached hydrogen (secondary N) is 1. The first kappa shape index (κ1) is 14.1. The highest BCUT2D eigenvalue weighted by molar-refractivity contribution is 5.10. The van der Waals surface area contributed by atoms with Gasteiger partial charge in [-0.2, -0.15) is 0 Å². The molecule has 0 amide bonds. The molecule has 0 aromatic carbocycles. The zero-order valence-corrected chi connectivity index (χ0v) is 11.7. The van der Waals surface area contributed by atoms with Gasteiger partial charge in [-0.15, -0.1) is 0 Å². The normalized spacial score (nSPS) is 13.7. The molecule has 1 aromatic heterocycles. The quantitative estimate of drug-likeness (QED) is 0.852. The van der Waals surface area contributed by atoms with Crippen molar-refractivity contribution in [2.75, 3.05) is 7.05 Å². The summed E-state index contributed by atoms with van der Waals surface area (Å²) in [6, 6.07) is 2.58. The van der Waals surface area contributed by atoms with Crippen molar-refractivity contribution >= 4 is 0 Å². The molecule has 0 aliphatic carbocycles. The van der Waals surface area contributed by atoms with Crippen molar-refractivity contribution < 1.29 is 0 Å². The zero-order valence-electron chi connectivity index (χ0n) is 11.7. The van der Waals surface area contributed by atoms with Crippen molar-refractivity contribution in [2.45, 2.75) is 53.0 Å². The summed E-state index contributed by atoms with van der Waals surface area (Å²) in [5.74, 6) is 0. The van der Waals surface area contributed by atoms with Crippen LogP contribution in [0.15, 0.2) is 12.4 Å². The van der Waals surface area contributed by atoms with E-state index in [1.165, 1.54) is 0 Å². The number of nitrogens with zero attached hydrogens (tertiary/aromatic N) is 2. The van der Waals surface area contributed by atoms with Crippen LogP contribution in [0.2, 0.25) is 0 Å². The molecule has 0 saturated carbocycles. The average Bonchev–Trinajstić information content (AvgIpc) is 2.25. The van der Waals surface area contributed by atoms with E-state index in [0.717, 1.165) is 30.7 Å². The first-order valence-electron chi connectivity index (χ1n) is 6.44. The number of aryl methyl sites for hydroxylation is 1. The number of hydrogen-bond donors (Lipinski definition) is 1. The monoisotopic (exact) mass is 235 g/mol. The van der Waals surface area contributed by atoms with Crippen LogP contribution in [0, 0.1) is 5.41 Å². The largest absolute Gasteiger partial charge is 0.316 e. The molecule has 3 nitrogen and oxygen atoms in total. The topological polar surface area (TPSA) is 37.8 Å². The lowest BCUT2D eigenvalue weighted by Crippen LogP contribution is -2.40. The van der Waals surface area contributed by atoms with Gasteiger partial charge in [-0.05, 0) is 24.9 Å². The van der Waals surface area contributed by atoms with Crippen molar-refractivity contribution in [1.29, 1.82) is 0 Å². The summed E-state index contributed by atoms with van der Waals surface area (Å²) >= 11 is 0. The molecule has 0 bridgehead atoms. The van der Waals surface area contributed by atoms with Gasteiger partial charge in [0.2, 0.25) is 0 Å². The lowest BCUT2D eigenvalue weighted by atomic mass is 9.84. The Morgan fingerprint density at radius 1 is 1.24 bits per heavy atom. The molecule has 1 rings (SSSR count). The van der Waals surface area contributed by atoms with Crippen molar-refractivity contribution in [2.24, 2.45) is 5.41 Å². The fraction of sp³-hybridized carbons (Fsp3) is 0.714. The standard InChI is InChI=1S/C14H25N3/c1-6-7-11-8-12(17-10-16-11)9-13(15-5)14(2,3)4/h8,10,13,15H,6-7,9H2,1-5H3. The lowest BCUT2D eigenvalue weighted by molar-refractivity contribution is 0.278. The molecule has 17 heavy (non-hydrogen) atoms. The minimum absolute atomic E-state index is 0.241. The van der Waals surface area contributed by atoms with E-state index >= 15 is 0 Å². The molecule has 0 spiro atoms. The Bertz CT molecular complexity index is 342. The summed E-state index contributed by atoms with van der Waals surface area (Å²) in [7, 11) is 2.02. The number of hydrogen-bond acceptors (Lipinski definition) is 3. The molecule has 96 valence electrons. The summed E-state index contributed by atoms with van der Waals surface area (Å²) in [5.41, 5.74) is 2.53. The van der Waals surface area contributed by atoms with Gasteiger partial charge < -0.3 is 5.32 Å². The fourth-order valence-corrected chi connectivity index (χ4v) is 2.00. The Hall–Kier alpha value is -0.960. The maximum atomic E-state index is 4.37. The van der Waals surface area contributed by atoms with Gasteiger partial charge in [0, 0.05) is 23.9 Å². The Labute approximate surface area is 105 Å². The molecule has 1 atom stereocenters. The second-order valence-corrected chi connectivity index (χ2v) is 5.66. The molecule has 0 aliphatic rings. The van der Waals surface area contributed by atoms with Gasteiger partial charge in [-0.1, -0.05) is 34.1 Å². The highest BCUT2D eigenvalue weighted by Crippen LogP contribution is 2.21. The Morgan fingerprint density at radius 2 is 1.88 bits per heavy atom. The van der Waals surface area contributed by atoms with Crippen LogP contribution in [0.1, 0.15) is 45.5 Å². The van der Waals surface area contributed by atoms with Gasteiger partial charge in [0.05, 0.1) is 0 Å². The van der Waals surface area contributed by atoms with Crippen LogP contribution in [0.3, 0.4) is 0 Å². The van der Waals surface area contributed by atoms with Gasteiger partial charge >= 0.3 is 0 Å². The highest BCUT2D eigenvalue weighted by Gasteiger charge is 2.23. The van der Waals surface area contributed by atoms with Gasteiger partial charge in [-0.3, -0.25) is 0 Å². The van der Waals surface area contributed by atoms with Crippen molar-refractivity contribution in [3.8, 4) is 0 Å². The fourth-order valence-electron chi connectivity index (χ4n) is 2.00. The first-order valence-corrected chi connectivity index (χ1v) is 6.44. The van der Waals surface area contributed by atoms with Crippen LogP contribution < -0.4 is 5.32 Å². The Morgan fingerprint density at radius 3 is 2.41 bits per heavy atom. The Balaban J connectivity index is 2.76. The zero-order chi connectivity index (χ0) is 12.9. The van der Waals surface area contributed by atoms with E-state index in [1.54, 1.807) is 6.33 Å². The summed E-state index contributed by atoms with van der Waals surface area (Å²) < 4.78 is 0. The first-order chi connectivity index (χ1) is 7.97. The molecular weight excluding hydrogens is 210 g/mol. The van der Waals surface area contributed by atoms with E-state index < -0.39 is 0 Å². The van der Waals surface area contributed by atoms with E-state index in [4.69, 9.17) is 0 Å². The molecule has 1 N–H and O–H groups in total. The molecule has 0 saturated heterocycles. The SMILES string of the molecule is CCCc1cc(CC(NC)C(C)(C)C)ncn1. The minimum Gasteiger partial charge on any atom is -0.316 e. The van der Waals surface area contributed by atoms with Crippen molar-refractivity contribution in [3.05, 3.63) is 23.8 Å². The second kappa shape index (κ2) is 6.10. The third kappa shape index (κ3) is 4.43. The summed E-state index contributed by atoms with van der Waals surface area (Å²) in [6.07, 6.45) is 4.81. The smallest absolute Gasteiger partial charge is 0.115 e. The third-order valence-electron chi connectivity index (χ3n) is 3.09. The average molecular weight is 235 g/mol. The van der Waals surface area contributed by atoms with Crippen LogP contribution in [-0.2, 0) is 12.8 Å².